The van der Waals surface area contributed by atoms with Gasteiger partial charge in [0.25, 0.3) is 0 Å². The van der Waals surface area contributed by atoms with E-state index in [9.17, 15) is 9.18 Å². The standard InChI is InChI=1S/C12H11FO2/c13-10-4-1-8(2-5-10)12-9(7-14)3-6-11(12)15/h1-6,9,12,14H,7H2. The van der Waals surface area contributed by atoms with Crippen LogP contribution in [-0.4, -0.2) is 17.5 Å². The Morgan fingerprint density at radius 2 is 1.93 bits per heavy atom. The van der Waals surface area contributed by atoms with Crippen molar-refractivity contribution in [3.63, 3.8) is 0 Å². The number of aliphatic hydroxyl groups is 1. The van der Waals surface area contributed by atoms with E-state index in [-0.39, 0.29) is 30.0 Å². The summed E-state index contributed by atoms with van der Waals surface area (Å²) in [7, 11) is 0. The van der Waals surface area contributed by atoms with E-state index in [1.54, 1.807) is 18.2 Å². The van der Waals surface area contributed by atoms with Crippen LogP contribution in [0.4, 0.5) is 4.39 Å². The van der Waals surface area contributed by atoms with E-state index in [4.69, 9.17) is 5.11 Å². The van der Waals surface area contributed by atoms with E-state index >= 15 is 0 Å². The van der Waals surface area contributed by atoms with Crippen LogP contribution in [-0.2, 0) is 4.79 Å². The molecule has 0 saturated heterocycles. The Morgan fingerprint density at radius 1 is 1.27 bits per heavy atom. The lowest BCUT2D eigenvalue weighted by Crippen LogP contribution is -2.16. The van der Waals surface area contributed by atoms with Crippen molar-refractivity contribution in [2.24, 2.45) is 5.92 Å². The molecule has 1 aliphatic carbocycles. The fraction of sp³-hybridized carbons (Fsp3) is 0.250. The van der Waals surface area contributed by atoms with Gasteiger partial charge in [-0.25, -0.2) is 4.39 Å². The first-order valence-electron chi connectivity index (χ1n) is 4.80. The summed E-state index contributed by atoms with van der Waals surface area (Å²) >= 11 is 0. The molecule has 2 unspecified atom stereocenters. The summed E-state index contributed by atoms with van der Waals surface area (Å²) in [5.41, 5.74) is 0.755. The van der Waals surface area contributed by atoms with Crippen molar-refractivity contribution in [3.8, 4) is 0 Å². The first-order valence-corrected chi connectivity index (χ1v) is 4.80. The Labute approximate surface area is 87.0 Å². The van der Waals surface area contributed by atoms with Crippen LogP contribution in [0.2, 0.25) is 0 Å². The van der Waals surface area contributed by atoms with Gasteiger partial charge < -0.3 is 5.11 Å². The van der Waals surface area contributed by atoms with Crippen LogP contribution in [0.5, 0.6) is 0 Å². The molecule has 2 nitrogen and oxygen atoms in total. The smallest absolute Gasteiger partial charge is 0.163 e. The molecule has 0 aliphatic heterocycles. The van der Waals surface area contributed by atoms with E-state index < -0.39 is 0 Å². The van der Waals surface area contributed by atoms with Gasteiger partial charge in [-0.15, -0.1) is 0 Å². The summed E-state index contributed by atoms with van der Waals surface area (Å²) in [6.45, 7) is -0.0652. The lowest BCUT2D eigenvalue weighted by atomic mass is 9.88. The number of halogens is 1. The first-order chi connectivity index (χ1) is 7.22. The summed E-state index contributed by atoms with van der Waals surface area (Å²) in [5, 5.41) is 9.09. The highest BCUT2D eigenvalue weighted by molar-refractivity contribution is 5.98. The van der Waals surface area contributed by atoms with Gasteiger partial charge in [0, 0.05) is 5.92 Å². The molecule has 0 radical (unpaired) electrons. The van der Waals surface area contributed by atoms with E-state index in [2.05, 4.69) is 0 Å². The minimum absolute atomic E-state index is 0.0272. The quantitative estimate of drug-likeness (QED) is 0.799. The van der Waals surface area contributed by atoms with E-state index in [0.717, 1.165) is 5.56 Å². The highest BCUT2D eigenvalue weighted by Crippen LogP contribution is 2.31. The average Bonchev–Trinajstić information content (AvgIpc) is 2.61. The number of allylic oxidation sites excluding steroid dienone is 1. The molecule has 0 bridgehead atoms. The van der Waals surface area contributed by atoms with Gasteiger partial charge in [-0.05, 0) is 23.8 Å². The second-order valence-electron chi connectivity index (χ2n) is 3.64. The van der Waals surface area contributed by atoms with E-state index in [0.29, 0.717) is 0 Å². The first kappa shape index (κ1) is 10.1. The average molecular weight is 206 g/mol. The van der Waals surface area contributed by atoms with Crippen LogP contribution in [0.1, 0.15) is 11.5 Å². The highest BCUT2D eigenvalue weighted by Gasteiger charge is 2.30. The molecule has 0 saturated carbocycles. The second-order valence-corrected chi connectivity index (χ2v) is 3.64. The Kier molecular flexibility index (Phi) is 2.64. The van der Waals surface area contributed by atoms with E-state index in [1.165, 1.54) is 18.2 Å². The van der Waals surface area contributed by atoms with Gasteiger partial charge >= 0.3 is 0 Å². The van der Waals surface area contributed by atoms with Crippen molar-refractivity contribution in [1.82, 2.24) is 0 Å². The third-order valence-electron chi connectivity index (χ3n) is 2.68. The molecule has 1 aromatic carbocycles. The largest absolute Gasteiger partial charge is 0.396 e. The maximum atomic E-state index is 12.7. The fourth-order valence-electron chi connectivity index (χ4n) is 1.89. The zero-order valence-corrected chi connectivity index (χ0v) is 8.06. The Hall–Kier alpha value is -1.48. The topological polar surface area (TPSA) is 37.3 Å². The van der Waals surface area contributed by atoms with Gasteiger partial charge in [-0.1, -0.05) is 18.2 Å². The van der Waals surface area contributed by atoms with Gasteiger partial charge in [0.15, 0.2) is 5.78 Å². The van der Waals surface area contributed by atoms with Crippen LogP contribution in [0, 0.1) is 11.7 Å². The Bertz CT molecular complexity index is 395. The molecular weight excluding hydrogens is 195 g/mol. The molecule has 2 atom stereocenters. The number of aliphatic hydroxyl groups excluding tert-OH is 1. The molecule has 0 amide bonds. The Morgan fingerprint density at radius 3 is 2.53 bits per heavy atom. The van der Waals surface area contributed by atoms with Crippen molar-refractivity contribution in [2.75, 3.05) is 6.61 Å². The number of hydrogen-bond donors (Lipinski definition) is 1. The van der Waals surface area contributed by atoms with Gasteiger partial charge in [0.1, 0.15) is 5.82 Å². The molecule has 78 valence electrons. The summed E-state index contributed by atoms with van der Waals surface area (Å²) < 4.78 is 12.7. The zero-order chi connectivity index (χ0) is 10.8. The van der Waals surface area contributed by atoms with Crippen LogP contribution in [0.15, 0.2) is 36.4 Å². The maximum absolute atomic E-state index is 12.7. The fourth-order valence-corrected chi connectivity index (χ4v) is 1.89. The van der Waals surface area contributed by atoms with Crippen LogP contribution in [0.3, 0.4) is 0 Å². The van der Waals surface area contributed by atoms with Crippen molar-refractivity contribution >= 4 is 5.78 Å². The molecule has 0 aromatic heterocycles. The van der Waals surface area contributed by atoms with Crippen molar-refractivity contribution in [3.05, 3.63) is 47.8 Å². The molecule has 0 fully saturated rings. The van der Waals surface area contributed by atoms with Gasteiger partial charge in [0.2, 0.25) is 0 Å². The van der Waals surface area contributed by atoms with Crippen molar-refractivity contribution in [2.45, 2.75) is 5.92 Å². The van der Waals surface area contributed by atoms with Gasteiger partial charge in [-0.2, -0.15) is 0 Å². The third-order valence-corrected chi connectivity index (χ3v) is 2.68. The molecule has 0 heterocycles. The second kappa shape index (κ2) is 3.95. The van der Waals surface area contributed by atoms with Gasteiger partial charge in [0.05, 0.1) is 12.5 Å². The minimum atomic E-state index is -0.351. The molecule has 0 spiro atoms. The summed E-state index contributed by atoms with van der Waals surface area (Å²) in [5.74, 6) is -0.878. The number of ketones is 1. The number of carbonyl (C=O) groups is 1. The number of benzene rings is 1. The number of rotatable bonds is 2. The SMILES string of the molecule is O=C1C=CC(CO)C1c1ccc(F)cc1. The minimum Gasteiger partial charge on any atom is -0.396 e. The Balaban J connectivity index is 2.30. The van der Waals surface area contributed by atoms with Crippen LogP contribution in [0.25, 0.3) is 0 Å². The number of hydrogen-bond acceptors (Lipinski definition) is 2. The lowest BCUT2D eigenvalue weighted by Gasteiger charge is -2.15. The van der Waals surface area contributed by atoms with Crippen LogP contribution < -0.4 is 0 Å². The predicted octanol–water partition coefficient (Wildman–Crippen LogP) is 1.66. The monoisotopic (exact) mass is 206 g/mol. The maximum Gasteiger partial charge on any atom is 0.163 e. The molecular formula is C12H11FO2. The normalized spacial score (nSPS) is 24.8. The summed E-state index contributed by atoms with van der Waals surface area (Å²) in [4.78, 5) is 11.5. The molecule has 1 aromatic rings. The van der Waals surface area contributed by atoms with E-state index in [1.807, 2.05) is 0 Å². The third kappa shape index (κ3) is 1.83. The molecule has 1 N–H and O–H groups in total. The number of carbonyl (C=O) groups excluding carboxylic acids is 1. The molecule has 3 heteroatoms. The zero-order valence-electron chi connectivity index (χ0n) is 8.06. The molecule has 15 heavy (non-hydrogen) atoms. The van der Waals surface area contributed by atoms with Crippen molar-refractivity contribution < 1.29 is 14.3 Å². The summed E-state index contributed by atoms with van der Waals surface area (Å²) in [6, 6.07) is 5.84. The van der Waals surface area contributed by atoms with Crippen LogP contribution >= 0.6 is 0 Å². The summed E-state index contributed by atoms with van der Waals surface area (Å²) in [6.07, 6.45) is 3.19. The highest BCUT2D eigenvalue weighted by atomic mass is 19.1. The lowest BCUT2D eigenvalue weighted by molar-refractivity contribution is -0.116. The van der Waals surface area contributed by atoms with Gasteiger partial charge in [-0.3, -0.25) is 4.79 Å². The molecule has 2 rings (SSSR count). The molecule has 1 aliphatic rings. The van der Waals surface area contributed by atoms with Crippen molar-refractivity contribution in [1.29, 1.82) is 0 Å². The predicted molar refractivity (Wildman–Crippen MR) is 53.9 cm³/mol.